The highest BCUT2D eigenvalue weighted by molar-refractivity contribution is 7.14. The van der Waals surface area contributed by atoms with Crippen molar-refractivity contribution in [3.05, 3.63) is 59.5 Å². The highest BCUT2D eigenvalue weighted by atomic mass is 32.1. The van der Waals surface area contributed by atoms with Gasteiger partial charge in [0.15, 0.2) is 5.96 Å². The maximum Gasteiger partial charge on any atom is 0.573 e. The summed E-state index contributed by atoms with van der Waals surface area (Å²) in [4.78, 5) is 16.7. The molecule has 0 bridgehead atoms. The molecule has 0 fully saturated rings. The number of aliphatic imine (C=N–C) groups is 1. The molecule has 3 aromatic rings. The SMILES string of the molecule is CCCOc1ccc(-c2scc(-c3ccccc3OC(F)(F)F)c2CC(=O)N=C(N)N)cc1. The van der Waals surface area contributed by atoms with Crippen molar-refractivity contribution in [2.45, 2.75) is 26.1 Å². The van der Waals surface area contributed by atoms with Gasteiger partial charge in [0.25, 0.3) is 5.91 Å². The minimum Gasteiger partial charge on any atom is -0.494 e. The van der Waals surface area contributed by atoms with Gasteiger partial charge >= 0.3 is 6.36 Å². The van der Waals surface area contributed by atoms with Gasteiger partial charge in [-0.1, -0.05) is 25.1 Å². The van der Waals surface area contributed by atoms with Crippen molar-refractivity contribution in [3.8, 4) is 33.1 Å². The summed E-state index contributed by atoms with van der Waals surface area (Å²) in [5.74, 6) is -0.683. The Bertz CT molecular complexity index is 1140. The lowest BCUT2D eigenvalue weighted by Gasteiger charge is -2.14. The van der Waals surface area contributed by atoms with Crippen molar-refractivity contribution in [2.24, 2.45) is 16.5 Å². The highest BCUT2D eigenvalue weighted by Crippen LogP contribution is 2.43. The van der Waals surface area contributed by atoms with E-state index in [9.17, 15) is 18.0 Å². The van der Waals surface area contributed by atoms with Gasteiger partial charge in [-0.05, 0) is 53.3 Å². The minimum atomic E-state index is -4.86. The summed E-state index contributed by atoms with van der Waals surface area (Å²) in [5, 5.41) is 1.69. The number of rotatable bonds is 8. The number of ether oxygens (including phenoxy) is 2. The van der Waals surface area contributed by atoms with Crippen molar-refractivity contribution in [1.29, 1.82) is 0 Å². The monoisotopic (exact) mass is 477 g/mol. The Hall–Kier alpha value is -3.53. The van der Waals surface area contributed by atoms with Crippen LogP contribution < -0.4 is 20.9 Å². The van der Waals surface area contributed by atoms with Gasteiger partial charge in [0, 0.05) is 16.0 Å². The lowest BCUT2D eigenvalue weighted by molar-refractivity contribution is -0.274. The third kappa shape index (κ3) is 6.48. The summed E-state index contributed by atoms with van der Waals surface area (Å²) in [6, 6.07) is 13.0. The molecule has 6 nitrogen and oxygen atoms in total. The molecule has 0 aliphatic carbocycles. The number of amides is 1. The predicted molar refractivity (Wildman–Crippen MR) is 122 cm³/mol. The van der Waals surface area contributed by atoms with Crippen LogP contribution in [0.5, 0.6) is 11.5 Å². The maximum atomic E-state index is 13.0. The minimum absolute atomic E-state index is 0.202. The summed E-state index contributed by atoms with van der Waals surface area (Å²) < 4.78 is 48.7. The van der Waals surface area contributed by atoms with Gasteiger partial charge in [0.1, 0.15) is 11.5 Å². The van der Waals surface area contributed by atoms with Gasteiger partial charge in [-0.25, -0.2) is 0 Å². The van der Waals surface area contributed by atoms with Gasteiger partial charge in [-0.15, -0.1) is 24.5 Å². The average Bonchev–Trinajstić information content (AvgIpc) is 3.14. The number of nitrogens with two attached hydrogens (primary N) is 2. The lowest BCUT2D eigenvalue weighted by atomic mass is 9.97. The number of thiophene rings is 1. The summed E-state index contributed by atoms with van der Waals surface area (Å²) >= 11 is 1.29. The van der Waals surface area contributed by atoms with Gasteiger partial charge in [-0.2, -0.15) is 4.99 Å². The van der Waals surface area contributed by atoms with Crippen LogP contribution in [0, 0.1) is 0 Å². The van der Waals surface area contributed by atoms with Crippen molar-refractivity contribution >= 4 is 23.2 Å². The van der Waals surface area contributed by atoms with E-state index in [2.05, 4.69) is 9.73 Å². The van der Waals surface area contributed by atoms with Crippen LogP contribution in [-0.4, -0.2) is 24.8 Å². The van der Waals surface area contributed by atoms with Crippen molar-refractivity contribution in [3.63, 3.8) is 0 Å². The highest BCUT2D eigenvalue weighted by Gasteiger charge is 2.32. The first-order valence-corrected chi connectivity index (χ1v) is 10.9. The second kappa shape index (κ2) is 10.4. The molecule has 0 radical (unpaired) electrons. The number of guanidine groups is 1. The van der Waals surface area contributed by atoms with Gasteiger partial charge in [0.05, 0.1) is 13.0 Å². The molecule has 0 unspecified atom stereocenters. The number of halogens is 3. The summed E-state index contributed by atoms with van der Waals surface area (Å²) in [5.41, 5.74) is 12.5. The van der Waals surface area contributed by atoms with E-state index in [0.717, 1.165) is 12.0 Å². The molecule has 0 spiro atoms. The van der Waals surface area contributed by atoms with Crippen LogP contribution in [0.3, 0.4) is 0 Å². The first-order chi connectivity index (χ1) is 15.7. The number of alkyl halides is 3. The largest absolute Gasteiger partial charge is 0.573 e. The molecule has 1 aromatic heterocycles. The first-order valence-electron chi connectivity index (χ1n) is 9.99. The Labute approximate surface area is 192 Å². The average molecular weight is 478 g/mol. The zero-order chi connectivity index (χ0) is 24.0. The molecule has 0 aliphatic rings. The Morgan fingerprint density at radius 1 is 1.06 bits per heavy atom. The van der Waals surface area contributed by atoms with E-state index in [1.165, 1.54) is 29.5 Å². The molecule has 2 aromatic carbocycles. The van der Waals surface area contributed by atoms with Gasteiger partial charge in [0.2, 0.25) is 0 Å². The van der Waals surface area contributed by atoms with Crippen LogP contribution in [0.2, 0.25) is 0 Å². The van der Waals surface area contributed by atoms with Crippen molar-refractivity contribution < 1.29 is 27.4 Å². The van der Waals surface area contributed by atoms with E-state index >= 15 is 0 Å². The van der Waals surface area contributed by atoms with Crippen LogP contribution in [0.25, 0.3) is 21.6 Å². The number of hydrogen-bond donors (Lipinski definition) is 2. The summed E-state index contributed by atoms with van der Waals surface area (Å²) in [6.45, 7) is 2.58. The molecule has 10 heteroatoms. The third-order valence-electron chi connectivity index (χ3n) is 4.47. The Morgan fingerprint density at radius 3 is 2.39 bits per heavy atom. The van der Waals surface area contributed by atoms with E-state index in [1.54, 1.807) is 23.6 Å². The molecule has 0 aliphatic heterocycles. The molecule has 33 heavy (non-hydrogen) atoms. The fourth-order valence-electron chi connectivity index (χ4n) is 3.19. The number of carbonyl (C=O) groups is 1. The number of benzene rings is 2. The fourth-order valence-corrected chi connectivity index (χ4v) is 4.29. The van der Waals surface area contributed by atoms with Crippen molar-refractivity contribution in [1.82, 2.24) is 0 Å². The number of hydrogen-bond acceptors (Lipinski definition) is 4. The summed E-state index contributed by atoms with van der Waals surface area (Å²) in [6.07, 6.45) is -4.20. The van der Waals surface area contributed by atoms with Crippen molar-refractivity contribution in [2.75, 3.05) is 6.61 Å². The molecule has 174 valence electrons. The third-order valence-corrected chi connectivity index (χ3v) is 5.54. The fraction of sp³-hybridized carbons (Fsp3) is 0.217. The standard InChI is InChI=1S/C23H22F3N3O3S/c1-2-11-31-15-9-7-14(8-10-15)21-17(12-20(30)29-22(27)28)18(13-33-21)16-5-3-4-6-19(16)32-23(24,25)26/h3-10,13H,2,11-12H2,1H3,(H4,27,28,29,30). The van der Waals surface area contributed by atoms with Crippen LogP contribution in [-0.2, 0) is 11.2 Å². The molecule has 0 saturated heterocycles. The lowest BCUT2D eigenvalue weighted by Crippen LogP contribution is -2.24. The zero-order valence-corrected chi connectivity index (χ0v) is 18.5. The molecule has 3 rings (SSSR count). The maximum absolute atomic E-state index is 13.0. The van der Waals surface area contributed by atoms with Crippen LogP contribution in [0.1, 0.15) is 18.9 Å². The van der Waals surface area contributed by atoms with E-state index in [4.69, 9.17) is 16.2 Å². The van der Waals surface area contributed by atoms with E-state index in [0.29, 0.717) is 28.4 Å². The number of carbonyl (C=O) groups excluding carboxylic acids is 1. The normalized spacial score (nSPS) is 11.2. The molecule has 4 N–H and O–H groups in total. The van der Waals surface area contributed by atoms with E-state index in [-0.39, 0.29) is 17.7 Å². The summed E-state index contributed by atoms with van der Waals surface area (Å²) in [7, 11) is 0. The molecular weight excluding hydrogens is 455 g/mol. The van der Waals surface area contributed by atoms with Crippen LogP contribution in [0.4, 0.5) is 13.2 Å². The van der Waals surface area contributed by atoms with Crippen LogP contribution >= 0.6 is 11.3 Å². The molecule has 1 heterocycles. The number of nitrogens with zero attached hydrogens (tertiary/aromatic N) is 1. The quantitative estimate of drug-likeness (QED) is 0.347. The Balaban J connectivity index is 2.08. The first kappa shape index (κ1) is 24.1. The predicted octanol–water partition coefficient (Wildman–Crippen LogP) is 5.11. The zero-order valence-electron chi connectivity index (χ0n) is 17.7. The van der Waals surface area contributed by atoms with Gasteiger partial charge < -0.3 is 20.9 Å². The van der Waals surface area contributed by atoms with Gasteiger partial charge in [-0.3, -0.25) is 4.79 Å². The Morgan fingerprint density at radius 2 is 1.76 bits per heavy atom. The molecule has 0 atom stereocenters. The Kier molecular flexibility index (Phi) is 7.59. The van der Waals surface area contributed by atoms with Crippen LogP contribution in [0.15, 0.2) is 58.9 Å². The molecular formula is C23H22F3N3O3S. The topological polar surface area (TPSA) is 99.9 Å². The second-order valence-corrected chi connectivity index (χ2v) is 7.86. The second-order valence-electron chi connectivity index (χ2n) is 6.98. The molecule has 1 amide bonds. The molecule has 0 saturated carbocycles. The smallest absolute Gasteiger partial charge is 0.494 e. The number of para-hydroxylation sites is 1. The van der Waals surface area contributed by atoms with E-state index in [1.807, 2.05) is 19.1 Å². The van der Waals surface area contributed by atoms with E-state index < -0.39 is 18.2 Å².